The Morgan fingerprint density at radius 1 is 1.17 bits per heavy atom. The number of pyridine rings is 1. The van der Waals surface area contributed by atoms with Gasteiger partial charge in [-0.15, -0.1) is 0 Å². The maximum absolute atomic E-state index is 13.4. The van der Waals surface area contributed by atoms with Gasteiger partial charge >= 0.3 is 0 Å². The van der Waals surface area contributed by atoms with E-state index in [1.807, 2.05) is 0 Å². The second-order valence-corrected chi connectivity index (χ2v) is 9.99. The molecule has 5 rings (SSSR count). The van der Waals surface area contributed by atoms with Gasteiger partial charge < -0.3 is 25.1 Å². The fraction of sp³-hybridized carbons (Fsp3) is 0.560. The molecule has 1 atom stereocenters. The van der Waals surface area contributed by atoms with Crippen LogP contribution in [0.3, 0.4) is 0 Å². The lowest BCUT2D eigenvalue weighted by Gasteiger charge is -2.32. The molecule has 0 bridgehead atoms. The molecule has 3 aliphatic rings. The fourth-order valence-corrected chi connectivity index (χ4v) is 5.54. The van der Waals surface area contributed by atoms with Crippen molar-refractivity contribution >= 4 is 29.2 Å². The van der Waals surface area contributed by atoms with Crippen molar-refractivity contribution in [2.45, 2.75) is 63.8 Å². The molecule has 186 valence electrons. The number of hydrogen-bond acceptors (Lipinski definition) is 7. The first-order valence-corrected chi connectivity index (χ1v) is 12.3. The van der Waals surface area contributed by atoms with Crippen LogP contribution < -0.4 is 16.0 Å². The second-order valence-electron chi connectivity index (χ2n) is 9.99. The molecule has 1 saturated carbocycles. The number of aromatic nitrogens is 2. The van der Waals surface area contributed by atoms with Crippen molar-refractivity contribution in [2.24, 2.45) is 11.8 Å². The van der Waals surface area contributed by atoms with Crippen LogP contribution in [0.15, 0.2) is 23.1 Å². The molecule has 3 amide bonds. The summed E-state index contributed by atoms with van der Waals surface area (Å²) in [6, 6.07) is 0.948. The zero-order valence-electron chi connectivity index (χ0n) is 20.1. The first kappa shape index (κ1) is 23.5. The van der Waals surface area contributed by atoms with Gasteiger partial charge in [-0.05, 0) is 44.4 Å². The number of carbonyl (C=O) groups is 3. The lowest BCUT2D eigenvalue weighted by Crippen LogP contribution is -2.49. The molecule has 2 aromatic heterocycles. The van der Waals surface area contributed by atoms with Gasteiger partial charge in [0.05, 0.1) is 16.8 Å². The van der Waals surface area contributed by atoms with Crippen molar-refractivity contribution in [1.29, 1.82) is 0 Å². The van der Waals surface area contributed by atoms with E-state index in [4.69, 9.17) is 9.15 Å². The van der Waals surface area contributed by atoms with Crippen molar-refractivity contribution in [3.8, 4) is 0 Å². The third-order valence-corrected chi connectivity index (χ3v) is 7.75. The van der Waals surface area contributed by atoms with Gasteiger partial charge in [0.15, 0.2) is 6.39 Å². The highest BCUT2D eigenvalue weighted by atomic mass is 16.5. The topological polar surface area (TPSA) is 135 Å². The van der Waals surface area contributed by atoms with Crippen LogP contribution in [0.25, 0.3) is 0 Å². The Labute approximate surface area is 203 Å². The minimum atomic E-state index is -0.744. The van der Waals surface area contributed by atoms with Crippen LogP contribution in [0.1, 0.15) is 67.3 Å². The highest BCUT2D eigenvalue weighted by Crippen LogP contribution is 2.44. The van der Waals surface area contributed by atoms with Crippen molar-refractivity contribution in [3.63, 3.8) is 0 Å². The molecule has 10 heteroatoms. The summed E-state index contributed by atoms with van der Waals surface area (Å²) in [5.74, 6) is 0.177. The number of anilines is 2. The molecule has 1 aliphatic carbocycles. The molecule has 1 saturated heterocycles. The molecule has 2 aliphatic heterocycles. The molecule has 35 heavy (non-hydrogen) atoms. The predicted octanol–water partition coefficient (Wildman–Crippen LogP) is 2.94. The third kappa shape index (κ3) is 4.42. The summed E-state index contributed by atoms with van der Waals surface area (Å²) in [6.45, 7) is 4.94. The Balaban J connectivity index is 1.35. The number of nitrogens with one attached hydrogen (secondary N) is 3. The summed E-state index contributed by atoms with van der Waals surface area (Å²) >= 11 is 0. The number of amides is 3. The Kier molecular flexibility index (Phi) is 6.31. The normalized spacial score (nSPS) is 23.9. The molecular formula is C25H31N5O5. The average molecular weight is 482 g/mol. The highest BCUT2D eigenvalue weighted by molar-refractivity contribution is 6.07. The molecule has 0 radical (unpaired) electrons. The first-order chi connectivity index (χ1) is 16.9. The number of nitrogens with zero attached hydrogens (tertiary/aromatic N) is 2. The molecule has 2 fully saturated rings. The van der Waals surface area contributed by atoms with Gasteiger partial charge in [0.25, 0.3) is 5.91 Å². The van der Waals surface area contributed by atoms with Gasteiger partial charge in [-0.2, -0.15) is 0 Å². The van der Waals surface area contributed by atoms with E-state index >= 15 is 0 Å². The Morgan fingerprint density at radius 3 is 2.60 bits per heavy atom. The van der Waals surface area contributed by atoms with Gasteiger partial charge in [-0.3, -0.25) is 14.4 Å². The average Bonchev–Trinajstić information content (AvgIpc) is 3.39. The molecule has 0 unspecified atom stereocenters. The summed E-state index contributed by atoms with van der Waals surface area (Å²) in [6.07, 6.45) is 7.78. The molecular weight excluding hydrogens is 450 g/mol. The SMILES string of the molecule is Cc1ncoc1C(=O)N[C@H](C(=O)Nc1cc2c(cn1)C1(CCOCC1)C(=O)N2)[C@H]1CC[C@H](C)CC1. The van der Waals surface area contributed by atoms with Crippen LogP contribution in [0.5, 0.6) is 0 Å². The standard InChI is InChI=1S/C25H31N5O5/c1-14-3-5-16(6-4-14)20(30-23(32)21-15(2)27-13-35-21)22(31)29-19-11-18-17(12-26-19)25(24(33)28-18)7-9-34-10-8-25/h11-14,16,20H,3-10H2,1-2H3,(H,28,33)(H,30,32)(H,26,29,31)/t14-,16-,20-/m0/s1. The Hall–Kier alpha value is -3.27. The van der Waals surface area contributed by atoms with Crippen molar-refractivity contribution in [3.05, 3.63) is 35.7 Å². The monoisotopic (exact) mass is 481 g/mol. The van der Waals surface area contributed by atoms with E-state index in [9.17, 15) is 14.4 Å². The predicted molar refractivity (Wildman–Crippen MR) is 127 cm³/mol. The largest absolute Gasteiger partial charge is 0.438 e. The van der Waals surface area contributed by atoms with Crippen molar-refractivity contribution in [1.82, 2.24) is 15.3 Å². The summed E-state index contributed by atoms with van der Waals surface area (Å²) in [7, 11) is 0. The Bertz CT molecular complexity index is 1130. The minimum Gasteiger partial charge on any atom is -0.438 e. The Morgan fingerprint density at radius 2 is 1.91 bits per heavy atom. The summed E-state index contributed by atoms with van der Waals surface area (Å²) in [5.41, 5.74) is 1.35. The molecule has 2 aromatic rings. The van der Waals surface area contributed by atoms with Gasteiger partial charge in [-0.25, -0.2) is 9.97 Å². The van der Waals surface area contributed by atoms with Crippen LogP contribution in [-0.2, 0) is 19.7 Å². The lowest BCUT2D eigenvalue weighted by atomic mass is 9.76. The van der Waals surface area contributed by atoms with Crippen LogP contribution in [0.4, 0.5) is 11.5 Å². The van der Waals surface area contributed by atoms with E-state index in [0.29, 0.717) is 49.2 Å². The van der Waals surface area contributed by atoms with Crippen molar-refractivity contribution in [2.75, 3.05) is 23.8 Å². The van der Waals surface area contributed by atoms with Crippen LogP contribution in [-0.4, -0.2) is 46.9 Å². The van der Waals surface area contributed by atoms with E-state index in [0.717, 1.165) is 31.2 Å². The minimum absolute atomic E-state index is 0.00184. The van der Waals surface area contributed by atoms with Gasteiger partial charge in [0.2, 0.25) is 17.6 Å². The maximum Gasteiger partial charge on any atom is 0.289 e. The number of ether oxygens (including phenoxy) is 1. The first-order valence-electron chi connectivity index (χ1n) is 12.3. The quantitative estimate of drug-likeness (QED) is 0.597. The van der Waals surface area contributed by atoms with Crippen LogP contribution >= 0.6 is 0 Å². The molecule has 4 heterocycles. The van der Waals surface area contributed by atoms with Gasteiger partial charge in [0, 0.05) is 31.0 Å². The lowest BCUT2D eigenvalue weighted by molar-refractivity contribution is -0.124. The third-order valence-electron chi connectivity index (χ3n) is 7.75. The van der Waals surface area contributed by atoms with E-state index in [1.165, 1.54) is 6.39 Å². The number of rotatable bonds is 5. The van der Waals surface area contributed by atoms with Crippen LogP contribution in [0.2, 0.25) is 0 Å². The van der Waals surface area contributed by atoms with Crippen LogP contribution in [0, 0.1) is 18.8 Å². The number of aryl methyl sites for hydroxylation is 1. The molecule has 10 nitrogen and oxygen atoms in total. The number of hydrogen-bond donors (Lipinski definition) is 3. The number of fused-ring (bicyclic) bond motifs is 2. The molecule has 3 N–H and O–H groups in total. The number of oxazole rings is 1. The number of carbonyl (C=O) groups excluding carboxylic acids is 3. The van der Waals surface area contributed by atoms with E-state index in [2.05, 4.69) is 32.8 Å². The van der Waals surface area contributed by atoms with Crippen molar-refractivity contribution < 1.29 is 23.5 Å². The smallest absolute Gasteiger partial charge is 0.289 e. The van der Waals surface area contributed by atoms with Gasteiger partial charge in [0.1, 0.15) is 11.9 Å². The fourth-order valence-electron chi connectivity index (χ4n) is 5.54. The van der Waals surface area contributed by atoms with E-state index < -0.39 is 17.4 Å². The zero-order chi connectivity index (χ0) is 24.6. The molecule has 0 aromatic carbocycles. The maximum atomic E-state index is 13.4. The van der Waals surface area contributed by atoms with Gasteiger partial charge in [-0.1, -0.05) is 19.8 Å². The second kappa shape index (κ2) is 9.41. The zero-order valence-corrected chi connectivity index (χ0v) is 20.1. The summed E-state index contributed by atoms with van der Waals surface area (Å²) < 4.78 is 10.7. The summed E-state index contributed by atoms with van der Waals surface area (Å²) in [4.78, 5) is 47.5. The van der Waals surface area contributed by atoms with E-state index in [-0.39, 0.29) is 23.5 Å². The summed E-state index contributed by atoms with van der Waals surface area (Å²) in [5, 5.41) is 8.69. The highest BCUT2D eigenvalue weighted by Gasteiger charge is 2.48. The molecule has 1 spiro atoms. The van der Waals surface area contributed by atoms with E-state index in [1.54, 1.807) is 19.2 Å².